The van der Waals surface area contributed by atoms with Crippen molar-refractivity contribution in [3.05, 3.63) is 87.6 Å². The Balaban J connectivity index is 1.62. The third kappa shape index (κ3) is 4.60. The van der Waals surface area contributed by atoms with Gasteiger partial charge in [0.15, 0.2) is 0 Å². The topological polar surface area (TPSA) is 86.7 Å². The number of hydrogen-bond acceptors (Lipinski definition) is 4. The van der Waals surface area contributed by atoms with Crippen molar-refractivity contribution in [2.75, 3.05) is 16.8 Å². The number of rotatable bonds is 4. The van der Waals surface area contributed by atoms with E-state index in [9.17, 15) is 23.2 Å². The second-order valence-corrected chi connectivity index (χ2v) is 8.70. The SMILES string of the molecule is Cc1ccsc1C(=O)Nc1ccc(C(=O)N2CCC(F)(F)/C(=C\C(=O)O)c3ccccc32)cc1. The Labute approximate surface area is 198 Å². The average Bonchev–Trinajstić information content (AvgIpc) is 3.20. The summed E-state index contributed by atoms with van der Waals surface area (Å²) >= 11 is 1.33. The minimum Gasteiger partial charge on any atom is -0.478 e. The Kier molecular flexibility index (Phi) is 6.30. The van der Waals surface area contributed by atoms with Crippen LogP contribution >= 0.6 is 11.3 Å². The third-order valence-corrected chi connectivity index (χ3v) is 6.51. The zero-order valence-corrected chi connectivity index (χ0v) is 18.9. The number of thiophene rings is 1. The first-order chi connectivity index (χ1) is 16.2. The van der Waals surface area contributed by atoms with E-state index in [0.717, 1.165) is 5.56 Å². The number of halogens is 2. The Morgan fingerprint density at radius 2 is 1.79 bits per heavy atom. The highest BCUT2D eigenvalue weighted by Crippen LogP contribution is 2.43. The van der Waals surface area contributed by atoms with E-state index in [1.54, 1.807) is 18.2 Å². The number of alkyl halides is 2. The molecule has 2 N–H and O–H groups in total. The van der Waals surface area contributed by atoms with Gasteiger partial charge in [-0.3, -0.25) is 9.59 Å². The van der Waals surface area contributed by atoms with Crippen LogP contribution in [0.5, 0.6) is 0 Å². The molecule has 2 amide bonds. The zero-order valence-electron chi connectivity index (χ0n) is 18.0. The number of carboxylic acid groups (broad SMARTS) is 1. The number of allylic oxidation sites excluding steroid dienone is 1. The molecule has 0 aliphatic carbocycles. The van der Waals surface area contributed by atoms with Crippen molar-refractivity contribution in [3.63, 3.8) is 0 Å². The lowest BCUT2D eigenvalue weighted by Crippen LogP contribution is -2.33. The number of anilines is 2. The molecule has 1 aromatic heterocycles. The van der Waals surface area contributed by atoms with Crippen molar-refractivity contribution < 1.29 is 28.3 Å². The van der Waals surface area contributed by atoms with Crippen molar-refractivity contribution in [3.8, 4) is 0 Å². The maximum Gasteiger partial charge on any atom is 0.328 e. The van der Waals surface area contributed by atoms with Crippen LogP contribution in [0.1, 0.15) is 37.6 Å². The second-order valence-electron chi connectivity index (χ2n) is 7.79. The van der Waals surface area contributed by atoms with Crippen LogP contribution in [0.2, 0.25) is 0 Å². The zero-order chi connectivity index (χ0) is 24.5. The summed E-state index contributed by atoms with van der Waals surface area (Å²) in [5.41, 5.74) is 1.17. The van der Waals surface area contributed by atoms with E-state index in [1.807, 2.05) is 18.4 Å². The largest absolute Gasteiger partial charge is 0.478 e. The maximum atomic E-state index is 14.8. The highest BCUT2D eigenvalue weighted by molar-refractivity contribution is 7.12. The smallest absolute Gasteiger partial charge is 0.328 e. The molecule has 0 fully saturated rings. The molecule has 0 spiro atoms. The lowest BCUT2D eigenvalue weighted by Gasteiger charge is -2.23. The standard InChI is InChI=1S/C25H20F2N2O4S/c1-15-10-13-34-22(15)23(32)28-17-8-6-16(7-9-17)24(33)29-12-11-25(26,27)19(14-21(30)31)18-4-2-3-5-20(18)29/h2-10,13-14H,11-12H2,1H3,(H,28,32)(H,30,31)/b19-14-. The van der Waals surface area contributed by atoms with Gasteiger partial charge in [0, 0.05) is 41.4 Å². The summed E-state index contributed by atoms with van der Waals surface area (Å²) in [6.45, 7) is 1.54. The van der Waals surface area contributed by atoms with E-state index >= 15 is 0 Å². The first-order valence-electron chi connectivity index (χ1n) is 10.4. The van der Waals surface area contributed by atoms with Crippen LogP contribution in [0.4, 0.5) is 20.2 Å². The first-order valence-corrected chi connectivity index (χ1v) is 11.2. The molecule has 3 aromatic rings. The van der Waals surface area contributed by atoms with Gasteiger partial charge in [-0.25, -0.2) is 13.6 Å². The molecule has 2 heterocycles. The molecule has 34 heavy (non-hydrogen) atoms. The van der Waals surface area contributed by atoms with Crippen LogP contribution in [0.3, 0.4) is 0 Å². The fourth-order valence-corrected chi connectivity index (χ4v) is 4.62. The van der Waals surface area contributed by atoms with Crippen LogP contribution in [0.15, 0.2) is 66.1 Å². The molecule has 174 valence electrons. The van der Waals surface area contributed by atoms with Gasteiger partial charge in [-0.2, -0.15) is 0 Å². The summed E-state index contributed by atoms with van der Waals surface area (Å²) in [7, 11) is 0. The van der Waals surface area contributed by atoms with E-state index in [-0.39, 0.29) is 29.3 Å². The average molecular weight is 483 g/mol. The molecule has 6 nitrogen and oxygen atoms in total. The summed E-state index contributed by atoms with van der Waals surface area (Å²) in [5, 5.41) is 13.7. The van der Waals surface area contributed by atoms with Gasteiger partial charge in [0.2, 0.25) is 0 Å². The molecular weight excluding hydrogens is 462 g/mol. The number of carbonyl (C=O) groups excluding carboxylic acids is 2. The Morgan fingerprint density at radius 3 is 2.44 bits per heavy atom. The molecular formula is C25H20F2N2O4S. The normalized spacial score (nSPS) is 16.0. The highest BCUT2D eigenvalue weighted by atomic mass is 32.1. The maximum absolute atomic E-state index is 14.8. The number of hydrogen-bond donors (Lipinski definition) is 2. The van der Waals surface area contributed by atoms with E-state index in [2.05, 4.69) is 5.32 Å². The number of carboxylic acids is 1. The van der Waals surface area contributed by atoms with Crippen molar-refractivity contribution in [2.24, 2.45) is 0 Å². The van der Waals surface area contributed by atoms with E-state index < -0.39 is 29.8 Å². The number of nitrogens with one attached hydrogen (secondary N) is 1. The number of fused-ring (bicyclic) bond motifs is 1. The predicted octanol–water partition coefficient (Wildman–Crippen LogP) is 5.46. The highest BCUT2D eigenvalue weighted by Gasteiger charge is 2.41. The van der Waals surface area contributed by atoms with Gasteiger partial charge in [0.25, 0.3) is 17.7 Å². The number of aryl methyl sites for hydroxylation is 1. The number of aliphatic carboxylic acids is 1. The minimum atomic E-state index is -3.42. The number of carbonyl (C=O) groups is 3. The van der Waals surface area contributed by atoms with Gasteiger partial charge in [-0.15, -0.1) is 11.3 Å². The monoisotopic (exact) mass is 482 g/mol. The summed E-state index contributed by atoms with van der Waals surface area (Å²) in [4.78, 5) is 38.7. The molecule has 9 heteroatoms. The van der Waals surface area contributed by atoms with Crippen LogP contribution in [-0.2, 0) is 4.79 Å². The van der Waals surface area contributed by atoms with Crippen molar-refractivity contribution in [1.82, 2.24) is 0 Å². The molecule has 1 aliphatic heterocycles. The third-order valence-electron chi connectivity index (χ3n) is 5.50. The summed E-state index contributed by atoms with van der Waals surface area (Å²) in [5.74, 6) is -5.67. The summed E-state index contributed by atoms with van der Waals surface area (Å²) in [6, 6.07) is 14.0. The number of nitrogens with zero attached hydrogens (tertiary/aromatic N) is 1. The van der Waals surface area contributed by atoms with Crippen LogP contribution in [-0.4, -0.2) is 35.4 Å². The van der Waals surface area contributed by atoms with Crippen molar-refractivity contribution >= 4 is 46.1 Å². The van der Waals surface area contributed by atoms with Gasteiger partial charge in [-0.05, 0) is 54.3 Å². The van der Waals surface area contributed by atoms with Crippen LogP contribution < -0.4 is 10.2 Å². The van der Waals surface area contributed by atoms with Crippen LogP contribution in [0.25, 0.3) is 5.57 Å². The summed E-state index contributed by atoms with van der Waals surface area (Å²) in [6.07, 6.45) is -0.222. The quantitative estimate of drug-likeness (QED) is 0.484. The Hall–Kier alpha value is -3.85. The fraction of sp³-hybridized carbons (Fsp3) is 0.160. The van der Waals surface area contributed by atoms with Gasteiger partial charge in [0.1, 0.15) is 0 Å². The molecule has 0 bridgehead atoms. The Bertz CT molecular complexity index is 1300. The van der Waals surface area contributed by atoms with E-state index in [4.69, 9.17) is 5.11 Å². The molecule has 0 saturated carbocycles. The van der Waals surface area contributed by atoms with Gasteiger partial charge >= 0.3 is 5.97 Å². The van der Waals surface area contributed by atoms with Crippen molar-refractivity contribution in [2.45, 2.75) is 19.3 Å². The number of amides is 2. The molecule has 0 unspecified atom stereocenters. The second kappa shape index (κ2) is 9.18. The van der Waals surface area contributed by atoms with E-state index in [0.29, 0.717) is 16.6 Å². The van der Waals surface area contributed by atoms with E-state index in [1.165, 1.54) is 46.6 Å². The molecule has 0 radical (unpaired) electrons. The van der Waals surface area contributed by atoms with Crippen molar-refractivity contribution in [1.29, 1.82) is 0 Å². The molecule has 1 aliphatic rings. The van der Waals surface area contributed by atoms with Gasteiger partial charge in [-0.1, -0.05) is 18.2 Å². The Morgan fingerprint density at radius 1 is 1.09 bits per heavy atom. The predicted molar refractivity (Wildman–Crippen MR) is 127 cm³/mol. The molecule has 0 atom stereocenters. The molecule has 2 aromatic carbocycles. The lowest BCUT2D eigenvalue weighted by atomic mass is 9.97. The number of benzene rings is 2. The van der Waals surface area contributed by atoms with Gasteiger partial charge in [0.05, 0.1) is 10.6 Å². The minimum absolute atomic E-state index is 0.00375. The molecule has 4 rings (SSSR count). The van der Waals surface area contributed by atoms with Gasteiger partial charge < -0.3 is 15.3 Å². The summed E-state index contributed by atoms with van der Waals surface area (Å²) < 4.78 is 29.6. The molecule has 0 saturated heterocycles. The van der Waals surface area contributed by atoms with Crippen LogP contribution in [0, 0.1) is 6.92 Å². The first kappa shape index (κ1) is 23.3. The lowest BCUT2D eigenvalue weighted by molar-refractivity contribution is -0.131. The fourth-order valence-electron chi connectivity index (χ4n) is 3.80. The number of para-hydroxylation sites is 1.